The molecule has 2 heteroatoms. The molecule has 0 unspecified atom stereocenters. The Balaban J connectivity index is 1.82. The van der Waals surface area contributed by atoms with Gasteiger partial charge >= 0.3 is 0 Å². The van der Waals surface area contributed by atoms with E-state index >= 15 is 0 Å². The van der Waals surface area contributed by atoms with E-state index < -0.39 is 0 Å². The molecule has 0 saturated heterocycles. The van der Waals surface area contributed by atoms with Gasteiger partial charge in [-0.1, -0.05) is 65.0 Å². The molecule has 5 rings (SSSR count). The number of fused-ring (bicyclic) bond motifs is 3. The first-order valence-electron chi connectivity index (χ1n) is 10.9. The fourth-order valence-electron chi connectivity index (χ4n) is 4.72. The van der Waals surface area contributed by atoms with Crippen LogP contribution in [0.5, 0.6) is 11.5 Å². The summed E-state index contributed by atoms with van der Waals surface area (Å²) in [6.45, 7) is 11.4. The molecule has 1 aliphatic heterocycles. The third-order valence-electron chi connectivity index (χ3n) is 5.81. The number of aromatic nitrogens is 1. The van der Waals surface area contributed by atoms with Crippen LogP contribution in [0.25, 0.3) is 32.8 Å². The van der Waals surface area contributed by atoms with Gasteiger partial charge in [-0.25, -0.2) is 0 Å². The molecule has 30 heavy (non-hydrogen) atoms. The smallest absolute Gasteiger partial charge is 0.140 e. The molecule has 3 aromatic carbocycles. The summed E-state index contributed by atoms with van der Waals surface area (Å²) in [5, 5.41) is 4.87. The average Bonchev–Trinajstić information content (AvgIpc) is 2.67. The van der Waals surface area contributed by atoms with Gasteiger partial charge in [0.2, 0.25) is 0 Å². The molecule has 0 bridgehead atoms. The van der Waals surface area contributed by atoms with Crippen LogP contribution in [0, 0.1) is 11.3 Å². The maximum Gasteiger partial charge on any atom is 0.140 e. The Morgan fingerprint density at radius 3 is 2.53 bits per heavy atom. The second kappa shape index (κ2) is 6.84. The van der Waals surface area contributed by atoms with Crippen LogP contribution < -0.4 is 4.74 Å². The topological polar surface area (TPSA) is 22.1 Å². The Labute approximate surface area is 178 Å². The maximum atomic E-state index is 6.72. The highest BCUT2D eigenvalue weighted by atomic mass is 16.5. The minimum Gasteiger partial charge on any atom is -0.456 e. The van der Waals surface area contributed by atoms with Gasteiger partial charge in [0.15, 0.2) is 0 Å². The maximum absolute atomic E-state index is 6.72. The van der Waals surface area contributed by atoms with E-state index in [-0.39, 0.29) is 5.41 Å². The zero-order chi connectivity index (χ0) is 21.0. The number of nitrogens with zero attached hydrogens (tertiary/aromatic N) is 1. The number of benzene rings is 3. The second-order valence-electron chi connectivity index (χ2n) is 10.2. The van der Waals surface area contributed by atoms with Gasteiger partial charge in [0, 0.05) is 17.3 Å². The standard InChI is InChI=1S/C28H29NO/c1-17(2)12-18-13-20-10-11-29-26-22-15-19-8-6-7-9-21(19)23(16-28(3,4)5)27(22)30-24(14-18)25(20)26/h6-11,13-15,17H,12,16H2,1-5H3. The summed E-state index contributed by atoms with van der Waals surface area (Å²) < 4.78 is 6.72. The molecule has 0 aliphatic carbocycles. The van der Waals surface area contributed by atoms with E-state index in [1.165, 1.54) is 27.3 Å². The molecule has 1 aliphatic rings. The lowest BCUT2D eigenvalue weighted by Crippen LogP contribution is -2.12. The predicted octanol–water partition coefficient (Wildman–Crippen LogP) is 7.95. The molecule has 0 saturated carbocycles. The van der Waals surface area contributed by atoms with Crippen molar-refractivity contribution in [2.75, 3.05) is 0 Å². The molecule has 4 aromatic rings. The van der Waals surface area contributed by atoms with Crippen LogP contribution in [0.2, 0.25) is 0 Å². The van der Waals surface area contributed by atoms with Gasteiger partial charge < -0.3 is 4.74 Å². The van der Waals surface area contributed by atoms with E-state index in [9.17, 15) is 0 Å². The van der Waals surface area contributed by atoms with Crippen molar-refractivity contribution in [2.45, 2.75) is 47.5 Å². The van der Waals surface area contributed by atoms with E-state index in [2.05, 4.69) is 83.1 Å². The number of rotatable bonds is 3. The van der Waals surface area contributed by atoms with Crippen molar-refractivity contribution in [2.24, 2.45) is 11.3 Å². The van der Waals surface area contributed by atoms with Crippen LogP contribution in [-0.2, 0) is 12.8 Å². The Morgan fingerprint density at radius 2 is 1.77 bits per heavy atom. The molecule has 2 heterocycles. The lowest BCUT2D eigenvalue weighted by atomic mass is 9.83. The fraction of sp³-hybridized carbons (Fsp3) is 0.321. The zero-order valence-corrected chi connectivity index (χ0v) is 18.5. The van der Waals surface area contributed by atoms with Gasteiger partial charge in [-0.3, -0.25) is 4.98 Å². The van der Waals surface area contributed by atoms with Crippen molar-refractivity contribution in [1.82, 2.24) is 4.98 Å². The minimum absolute atomic E-state index is 0.153. The molecule has 0 radical (unpaired) electrons. The lowest BCUT2D eigenvalue weighted by molar-refractivity contribution is 0.400. The van der Waals surface area contributed by atoms with Crippen molar-refractivity contribution in [1.29, 1.82) is 0 Å². The third kappa shape index (κ3) is 3.25. The SMILES string of the molecule is CC(C)Cc1cc2c3c(nccc3c1)-c1cc3ccccc3c(CC(C)(C)C)c1O2. The van der Waals surface area contributed by atoms with Gasteiger partial charge in [-0.15, -0.1) is 0 Å². The van der Waals surface area contributed by atoms with Crippen molar-refractivity contribution < 1.29 is 4.74 Å². The van der Waals surface area contributed by atoms with Crippen LogP contribution in [0.1, 0.15) is 45.7 Å². The Morgan fingerprint density at radius 1 is 0.967 bits per heavy atom. The first-order chi connectivity index (χ1) is 14.3. The van der Waals surface area contributed by atoms with Gasteiger partial charge in [0.1, 0.15) is 11.5 Å². The van der Waals surface area contributed by atoms with E-state index in [1.54, 1.807) is 0 Å². The highest BCUT2D eigenvalue weighted by Crippen LogP contribution is 2.50. The second-order valence-corrected chi connectivity index (χ2v) is 10.2. The van der Waals surface area contributed by atoms with Crippen LogP contribution in [0.3, 0.4) is 0 Å². The number of hydrogen-bond donors (Lipinski definition) is 0. The first-order valence-corrected chi connectivity index (χ1v) is 10.9. The lowest BCUT2D eigenvalue weighted by Gasteiger charge is -2.27. The summed E-state index contributed by atoms with van der Waals surface area (Å²) >= 11 is 0. The molecular weight excluding hydrogens is 366 g/mol. The summed E-state index contributed by atoms with van der Waals surface area (Å²) in [5.41, 5.74) is 4.92. The van der Waals surface area contributed by atoms with Gasteiger partial charge in [0.25, 0.3) is 0 Å². The third-order valence-corrected chi connectivity index (χ3v) is 5.81. The molecule has 0 N–H and O–H groups in total. The van der Waals surface area contributed by atoms with Crippen LogP contribution in [0.15, 0.2) is 54.7 Å². The first kappa shape index (κ1) is 19.1. The Hall–Kier alpha value is -2.87. The average molecular weight is 396 g/mol. The highest BCUT2D eigenvalue weighted by molar-refractivity contribution is 6.06. The van der Waals surface area contributed by atoms with Crippen LogP contribution in [0.4, 0.5) is 0 Å². The monoisotopic (exact) mass is 395 g/mol. The largest absolute Gasteiger partial charge is 0.456 e. The molecule has 152 valence electrons. The molecule has 0 amide bonds. The molecule has 0 spiro atoms. The molecular formula is C28H29NO. The van der Waals surface area contributed by atoms with Crippen molar-refractivity contribution in [3.63, 3.8) is 0 Å². The molecule has 0 atom stereocenters. The summed E-state index contributed by atoms with van der Waals surface area (Å²) in [6, 6.07) is 17.5. The zero-order valence-electron chi connectivity index (χ0n) is 18.5. The number of ether oxygens (including phenoxy) is 1. The Kier molecular flexibility index (Phi) is 4.36. The molecule has 2 nitrogen and oxygen atoms in total. The minimum atomic E-state index is 0.153. The summed E-state index contributed by atoms with van der Waals surface area (Å²) in [7, 11) is 0. The summed E-state index contributed by atoms with van der Waals surface area (Å²) in [5.74, 6) is 2.54. The molecule has 1 aromatic heterocycles. The van der Waals surface area contributed by atoms with Gasteiger partial charge in [-0.2, -0.15) is 0 Å². The van der Waals surface area contributed by atoms with Crippen molar-refractivity contribution in [3.05, 3.63) is 65.9 Å². The Bertz CT molecular complexity index is 1280. The van der Waals surface area contributed by atoms with E-state index in [0.717, 1.165) is 41.0 Å². The normalized spacial score (nSPS) is 13.0. The van der Waals surface area contributed by atoms with Crippen LogP contribution in [-0.4, -0.2) is 4.98 Å². The fourth-order valence-corrected chi connectivity index (χ4v) is 4.72. The van der Waals surface area contributed by atoms with Gasteiger partial charge in [-0.05, 0) is 64.1 Å². The quantitative estimate of drug-likeness (QED) is 0.309. The summed E-state index contributed by atoms with van der Waals surface area (Å²) in [4.78, 5) is 4.83. The van der Waals surface area contributed by atoms with E-state index in [0.29, 0.717) is 5.92 Å². The number of hydrogen-bond acceptors (Lipinski definition) is 2. The summed E-state index contributed by atoms with van der Waals surface area (Å²) in [6.07, 6.45) is 3.94. The number of pyridine rings is 1. The highest BCUT2D eigenvalue weighted by Gasteiger charge is 2.27. The van der Waals surface area contributed by atoms with E-state index in [1.807, 2.05) is 6.20 Å². The van der Waals surface area contributed by atoms with E-state index in [4.69, 9.17) is 9.72 Å². The van der Waals surface area contributed by atoms with Crippen LogP contribution >= 0.6 is 0 Å². The molecule has 0 fully saturated rings. The predicted molar refractivity (Wildman–Crippen MR) is 126 cm³/mol. The van der Waals surface area contributed by atoms with Crippen molar-refractivity contribution in [3.8, 4) is 22.8 Å². The van der Waals surface area contributed by atoms with Crippen molar-refractivity contribution >= 4 is 21.5 Å². The van der Waals surface area contributed by atoms with Gasteiger partial charge in [0.05, 0.1) is 11.1 Å².